The molecule has 0 bridgehead atoms. The van der Waals surface area contributed by atoms with Crippen molar-refractivity contribution < 1.29 is 22.7 Å². The van der Waals surface area contributed by atoms with Gasteiger partial charge in [0, 0.05) is 33.3 Å². The van der Waals surface area contributed by atoms with Crippen molar-refractivity contribution in [2.24, 2.45) is 4.99 Å². The van der Waals surface area contributed by atoms with Gasteiger partial charge in [0.2, 0.25) is 0 Å². The number of carbonyl (C=O) groups is 1. The number of hydrogen-bond donors (Lipinski definition) is 2. The zero-order valence-corrected chi connectivity index (χ0v) is 17.1. The molecule has 0 aliphatic carbocycles. The Hall–Kier alpha value is -3.23. The van der Waals surface area contributed by atoms with Crippen LogP contribution in [0.3, 0.4) is 0 Å². The molecule has 6 nitrogen and oxygen atoms in total. The number of para-hydroxylation sites is 1. The molecule has 30 heavy (non-hydrogen) atoms. The molecule has 2 aromatic carbocycles. The second kappa shape index (κ2) is 10.5. The van der Waals surface area contributed by atoms with Gasteiger partial charge in [-0.2, -0.15) is 13.2 Å². The number of hydrogen-bond acceptors (Lipinski definition) is 3. The maximum Gasteiger partial charge on any atom is 0.419 e. The predicted octanol–water partition coefficient (Wildman–Crippen LogP) is 3.15. The maximum absolute atomic E-state index is 13.0. The molecule has 0 saturated carbocycles. The summed E-state index contributed by atoms with van der Waals surface area (Å²) in [6, 6.07) is 12.3. The number of halogens is 3. The van der Waals surface area contributed by atoms with Gasteiger partial charge in [-0.1, -0.05) is 24.3 Å². The van der Waals surface area contributed by atoms with E-state index in [0.29, 0.717) is 18.1 Å². The molecule has 9 heteroatoms. The Morgan fingerprint density at radius 2 is 1.73 bits per heavy atom. The van der Waals surface area contributed by atoms with Gasteiger partial charge in [0.15, 0.2) is 5.96 Å². The van der Waals surface area contributed by atoms with E-state index in [4.69, 9.17) is 4.74 Å². The highest BCUT2D eigenvalue weighted by Crippen LogP contribution is 2.35. The van der Waals surface area contributed by atoms with Crippen molar-refractivity contribution in [2.45, 2.75) is 12.7 Å². The topological polar surface area (TPSA) is 66.0 Å². The number of benzene rings is 2. The molecule has 0 unspecified atom stereocenters. The van der Waals surface area contributed by atoms with Crippen LogP contribution in [0.2, 0.25) is 0 Å². The van der Waals surface area contributed by atoms with Crippen LogP contribution in [-0.2, 0) is 12.7 Å². The van der Waals surface area contributed by atoms with Crippen LogP contribution in [0.25, 0.3) is 0 Å². The van der Waals surface area contributed by atoms with Crippen molar-refractivity contribution >= 4 is 11.9 Å². The van der Waals surface area contributed by atoms with Crippen LogP contribution in [0.1, 0.15) is 21.5 Å². The standard InChI is InChI=1S/C21H25F3N4O2/c1-25-20(27-14-15-8-10-16(11-9-15)19(29)28(2)3)26-12-13-30-18-7-5-4-6-17(18)21(22,23)24/h4-11H,12-14H2,1-3H3,(H2,25,26,27). The molecular formula is C21H25F3N4O2. The number of aliphatic imine (C=N–C) groups is 1. The molecule has 1 amide bonds. The average Bonchev–Trinajstić information content (AvgIpc) is 2.72. The minimum Gasteiger partial charge on any atom is -0.491 e. The smallest absolute Gasteiger partial charge is 0.419 e. The Labute approximate surface area is 173 Å². The lowest BCUT2D eigenvalue weighted by Crippen LogP contribution is -2.38. The van der Waals surface area contributed by atoms with E-state index in [1.54, 1.807) is 33.3 Å². The van der Waals surface area contributed by atoms with Crippen molar-refractivity contribution in [3.63, 3.8) is 0 Å². The summed E-state index contributed by atoms with van der Waals surface area (Å²) >= 11 is 0. The van der Waals surface area contributed by atoms with Gasteiger partial charge in [0.05, 0.1) is 12.1 Å². The largest absolute Gasteiger partial charge is 0.491 e. The lowest BCUT2D eigenvalue weighted by Gasteiger charge is -2.15. The summed E-state index contributed by atoms with van der Waals surface area (Å²) in [7, 11) is 4.98. The van der Waals surface area contributed by atoms with Gasteiger partial charge in [-0.25, -0.2) is 0 Å². The zero-order valence-electron chi connectivity index (χ0n) is 17.1. The molecule has 0 aliphatic rings. The number of ether oxygens (including phenoxy) is 1. The molecule has 162 valence electrons. The van der Waals surface area contributed by atoms with E-state index >= 15 is 0 Å². The summed E-state index contributed by atoms with van der Waals surface area (Å²) in [4.78, 5) is 17.5. The van der Waals surface area contributed by atoms with Crippen molar-refractivity contribution in [1.29, 1.82) is 0 Å². The number of alkyl halides is 3. The van der Waals surface area contributed by atoms with Crippen LogP contribution >= 0.6 is 0 Å². The van der Waals surface area contributed by atoms with Crippen LogP contribution in [0.4, 0.5) is 13.2 Å². The summed E-state index contributed by atoms with van der Waals surface area (Å²) in [5.41, 5.74) is 0.745. The summed E-state index contributed by atoms with van der Waals surface area (Å²) in [5.74, 6) is 0.206. The summed E-state index contributed by atoms with van der Waals surface area (Å²) in [5, 5.41) is 6.08. The molecule has 0 aromatic heterocycles. The molecule has 0 aliphatic heterocycles. The van der Waals surface area contributed by atoms with E-state index in [9.17, 15) is 18.0 Å². The summed E-state index contributed by atoms with van der Waals surface area (Å²) in [6.07, 6.45) is -4.46. The second-order valence-electron chi connectivity index (χ2n) is 6.59. The molecule has 2 aromatic rings. The molecule has 2 rings (SSSR count). The molecule has 2 N–H and O–H groups in total. The van der Waals surface area contributed by atoms with Gasteiger partial charge >= 0.3 is 6.18 Å². The lowest BCUT2D eigenvalue weighted by molar-refractivity contribution is -0.138. The molecule has 0 saturated heterocycles. The molecular weight excluding hydrogens is 397 g/mol. The van der Waals surface area contributed by atoms with Crippen molar-refractivity contribution in [3.8, 4) is 5.75 Å². The first-order valence-electron chi connectivity index (χ1n) is 9.26. The van der Waals surface area contributed by atoms with Gasteiger partial charge in [-0.05, 0) is 29.8 Å². The number of rotatable bonds is 7. The third-order valence-corrected chi connectivity index (χ3v) is 4.14. The lowest BCUT2D eigenvalue weighted by atomic mass is 10.1. The second-order valence-corrected chi connectivity index (χ2v) is 6.59. The van der Waals surface area contributed by atoms with Crippen LogP contribution < -0.4 is 15.4 Å². The zero-order chi connectivity index (χ0) is 22.1. The first kappa shape index (κ1) is 23.1. The Morgan fingerprint density at radius 3 is 2.33 bits per heavy atom. The van der Waals surface area contributed by atoms with Gasteiger partial charge in [0.1, 0.15) is 12.4 Å². The normalized spacial score (nSPS) is 11.7. The highest BCUT2D eigenvalue weighted by atomic mass is 19.4. The molecule has 0 atom stereocenters. The van der Waals surface area contributed by atoms with Gasteiger partial charge in [0.25, 0.3) is 5.91 Å². The number of amides is 1. The van der Waals surface area contributed by atoms with Crippen LogP contribution in [0, 0.1) is 0 Å². The Kier molecular flexibility index (Phi) is 8.08. The molecule has 0 fully saturated rings. The van der Waals surface area contributed by atoms with E-state index in [1.165, 1.54) is 23.1 Å². The highest BCUT2D eigenvalue weighted by Gasteiger charge is 2.33. The third kappa shape index (κ3) is 6.68. The van der Waals surface area contributed by atoms with Gasteiger partial charge < -0.3 is 20.3 Å². The van der Waals surface area contributed by atoms with Gasteiger partial charge in [-0.15, -0.1) is 0 Å². The van der Waals surface area contributed by atoms with Crippen LogP contribution in [0.15, 0.2) is 53.5 Å². The van der Waals surface area contributed by atoms with E-state index in [2.05, 4.69) is 15.6 Å². The number of nitrogens with zero attached hydrogens (tertiary/aromatic N) is 2. The van der Waals surface area contributed by atoms with E-state index in [0.717, 1.165) is 11.6 Å². The summed E-state index contributed by atoms with van der Waals surface area (Å²) in [6.45, 7) is 0.769. The molecule has 0 spiro atoms. The number of nitrogens with one attached hydrogen (secondary N) is 2. The van der Waals surface area contributed by atoms with E-state index in [1.807, 2.05) is 12.1 Å². The maximum atomic E-state index is 13.0. The minimum atomic E-state index is -4.46. The predicted molar refractivity (Wildman–Crippen MR) is 110 cm³/mol. The Balaban J connectivity index is 1.80. The fraction of sp³-hybridized carbons (Fsp3) is 0.333. The van der Waals surface area contributed by atoms with E-state index in [-0.39, 0.29) is 24.8 Å². The van der Waals surface area contributed by atoms with Crippen molar-refractivity contribution in [2.75, 3.05) is 34.3 Å². The Bertz CT molecular complexity index is 865. The number of carbonyl (C=O) groups excluding carboxylic acids is 1. The first-order chi connectivity index (χ1) is 14.2. The van der Waals surface area contributed by atoms with Crippen LogP contribution in [-0.4, -0.2) is 51.1 Å². The fourth-order valence-corrected chi connectivity index (χ4v) is 2.59. The average molecular weight is 422 g/mol. The van der Waals surface area contributed by atoms with Gasteiger partial charge in [-0.3, -0.25) is 9.79 Å². The summed E-state index contributed by atoms with van der Waals surface area (Å²) < 4.78 is 44.2. The fourth-order valence-electron chi connectivity index (χ4n) is 2.59. The quantitative estimate of drug-likeness (QED) is 0.409. The Morgan fingerprint density at radius 1 is 1.07 bits per heavy atom. The molecule has 0 radical (unpaired) electrons. The molecule has 0 heterocycles. The highest BCUT2D eigenvalue weighted by molar-refractivity contribution is 5.93. The van der Waals surface area contributed by atoms with Crippen LogP contribution in [0.5, 0.6) is 5.75 Å². The van der Waals surface area contributed by atoms with Crippen molar-refractivity contribution in [3.05, 3.63) is 65.2 Å². The third-order valence-electron chi connectivity index (χ3n) is 4.14. The first-order valence-corrected chi connectivity index (χ1v) is 9.26. The number of guanidine groups is 1. The minimum absolute atomic E-state index is 0.0368. The van der Waals surface area contributed by atoms with E-state index < -0.39 is 11.7 Å². The monoisotopic (exact) mass is 422 g/mol. The van der Waals surface area contributed by atoms with Crippen molar-refractivity contribution in [1.82, 2.24) is 15.5 Å². The SMILES string of the molecule is CN=C(NCCOc1ccccc1C(F)(F)F)NCc1ccc(C(=O)N(C)C)cc1.